The van der Waals surface area contributed by atoms with Crippen molar-refractivity contribution in [1.82, 2.24) is 5.32 Å². The highest BCUT2D eigenvalue weighted by molar-refractivity contribution is 6.02. The molecule has 1 aromatic heterocycles. The lowest BCUT2D eigenvalue weighted by Gasteiger charge is -2.56. The molecule has 4 aliphatic rings. The zero-order valence-electron chi connectivity index (χ0n) is 19.8. The molecule has 6 heteroatoms. The normalized spacial score (nSPS) is 26.6. The third-order valence-electron chi connectivity index (χ3n) is 8.18. The van der Waals surface area contributed by atoms with E-state index in [1.54, 1.807) is 25.1 Å². The molecule has 4 fully saturated rings. The molecular weight excluding hydrogens is 442 g/mol. The van der Waals surface area contributed by atoms with E-state index in [9.17, 15) is 14.4 Å². The first-order valence-electron chi connectivity index (χ1n) is 12.5. The Balaban J connectivity index is 1.22. The number of para-hydroxylation sites is 1. The van der Waals surface area contributed by atoms with Gasteiger partial charge in [0.1, 0.15) is 11.3 Å². The summed E-state index contributed by atoms with van der Waals surface area (Å²) >= 11 is 0. The predicted molar refractivity (Wildman–Crippen MR) is 132 cm³/mol. The van der Waals surface area contributed by atoms with Gasteiger partial charge in [-0.25, -0.2) is 4.79 Å². The Kier molecular flexibility index (Phi) is 5.28. The number of fused-ring (bicyclic) bond motifs is 1. The fraction of sp³-hybridized carbons (Fsp3) is 0.414. The number of carbonyl (C=O) groups is 2. The number of nitrogens with one attached hydrogen (secondary N) is 1. The van der Waals surface area contributed by atoms with Crippen LogP contribution in [-0.4, -0.2) is 24.0 Å². The Morgan fingerprint density at radius 3 is 2.29 bits per heavy atom. The van der Waals surface area contributed by atoms with E-state index in [4.69, 9.17) is 9.15 Å². The minimum absolute atomic E-state index is 0.132. The third-order valence-corrected chi connectivity index (χ3v) is 8.18. The molecule has 0 radical (unpaired) electrons. The first-order valence-corrected chi connectivity index (χ1v) is 12.5. The van der Waals surface area contributed by atoms with Crippen LogP contribution in [0.25, 0.3) is 22.3 Å². The average Bonchev–Trinajstić information content (AvgIpc) is 2.84. The van der Waals surface area contributed by atoms with Crippen molar-refractivity contribution in [2.24, 2.45) is 17.8 Å². The van der Waals surface area contributed by atoms with Crippen LogP contribution >= 0.6 is 0 Å². The Morgan fingerprint density at radius 1 is 0.971 bits per heavy atom. The van der Waals surface area contributed by atoms with E-state index in [1.165, 1.54) is 19.3 Å². The van der Waals surface area contributed by atoms with Gasteiger partial charge in [0.05, 0.1) is 5.39 Å². The van der Waals surface area contributed by atoms with Crippen molar-refractivity contribution >= 4 is 22.8 Å². The zero-order chi connectivity index (χ0) is 24.2. The van der Waals surface area contributed by atoms with Crippen LogP contribution in [0.15, 0.2) is 57.7 Å². The van der Waals surface area contributed by atoms with Crippen LogP contribution in [0.4, 0.5) is 0 Å². The number of hydrogen-bond donors (Lipinski definition) is 1. The van der Waals surface area contributed by atoms with Crippen molar-refractivity contribution in [3.8, 4) is 11.3 Å². The molecule has 1 heterocycles. The van der Waals surface area contributed by atoms with E-state index in [0.29, 0.717) is 34.5 Å². The lowest BCUT2D eigenvalue weighted by molar-refractivity contribution is -0.130. The highest BCUT2D eigenvalue weighted by Gasteiger charge is 2.51. The van der Waals surface area contributed by atoms with Crippen LogP contribution in [0.1, 0.15) is 54.4 Å². The largest absolute Gasteiger partial charge is 0.455 e. The van der Waals surface area contributed by atoms with Gasteiger partial charge in [0.25, 0.3) is 5.91 Å². The van der Waals surface area contributed by atoms with Gasteiger partial charge < -0.3 is 14.5 Å². The number of amides is 1. The van der Waals surface area contributed by atoms with Crippen LogP contribution in [0.2, 0.25) is 0 Å². The summed E-state index contributed by atoms with van der Waals surface area (Å²) in [4.78, 5) is 38.8. The molecule has 0 atom stereocenters. The Bertz CT molecular complexity index is 1340. The quantitative estimate of drug-likeness (QED) is 0.529. The van der Waals surface area contributed by atoms with Gasteiger partial charge in [0.15, 0.2) is 17.6 Å². The molecule has 4 bridgehead atoms. The van der Waals surface area contributed by atoms with Crippen LogP contribution in [0.5, 0.6) is 0 Å². The molecule has 0 unspecified atom stereocenters. The van der Waals surface area contributed by atoms with Crippen molar-refractivity contribution in [2.75, 3.05) is 6.61 Å². The van der Waals surface area contributed by atoms with Gasteiger partial charge in [-0.3, -0.25) is 9.59 Å². The van der Waals surface area contributed by atoms with Gasteiger partial charge in [-0.2, -0.15) is 0 Å². The van der Waals surface area contributed by atoms with Gasteiger partial charge in [0, 0.05) is 16.7 Å². The molecule has 1 N–H and O–H groups in total. The molecule has 7 rings (SSSR count). The van der Waals surface area contributed by atoms with E-state index >= 15 is 0 Å². The first kappa shape index (κ1) is 22.1. The second-order valence-corrected chi connectivity index (χ2v) is 10.8. The molecule has 4 saturated carbocycles. The third kappa shape index (κ3) is 3.95. The summed E-state index contributed by atoms with van der Waals surface area (Å²) < 4.78 is 11.5. The predicted octanol–water partition coefficient (Wildman–Crippen LogP) is 5.01. The van der Waals surface area contributed by atoms with E-state index in [1.807, 2.05) is 30.3 Å². The Morgan fingerprint density at radius 2 is 1.63 bits per heavy atom. The maximum absolute atomic E-state index is 13.0. The zero-order valence-corrected chi connectivity index (χ0v) is 19.8. The monoisotopic (exact) mass is 471 g/mol. The van der Waals surface area contributed by atoms with Gasteiger partial charge in [-0.15, -0.1) is 0 Å². The topological polar surface area (TPSA) is 85.6 Å². The molecule has 0 saturated heterocycles. The fourth-order valence-corrected chi connectivity index (χ4v) is 7.14. The lowest BCUT2D eigenvalue weighted by Crippen LogP contribution is -2.60. The lowest BCUT2D eigenvalue weighted by atomic mass is 9.53. The molecule has 4 aliphatic carbocycles. The molecule has 3 aromatic rings. The average molecular weight is 472 g/mol. The molecule has 0 aliphatic heterocycles. The Labute approximate surface area is 203 Å². The highest BCUT2D eigenvalue weighted by atomic mass is 16.5. The minimum atomic E-state index is -0.678. The number of carbonyl (C=O) groups excluding carboxylic acids is 2. The van der Waals surface area contributed by atoms with Crippen LogP contribution < -0.4 is 10.7 Å². The van der Waals surface area contributed by atoms with E-state index in [0.717, 1.165) is 24.8 Å². The molecule has 6 nitrogen and oxygen atoms in total. The van der Waals surface area contributed by atoms with Crippen molar-refractivity contribution in [2.45, 2.75) is 51.0 Å². The van der Waals surface area contributed by atoms with Crippen LogP contribution in [-0.2, 0) is 9.53 Å². The summed E-state index contributed by atoms with van der Waals surface area (Å²) in [6.07, 6.45) is 6.99. The summed E-state index contributed by atoms with van der Waals surface area (Å²) in [6, 6.07) is 14.2. The molecule has 0 spiro atoms. The summed E-state index contributed by atoms with van der Waals surface area (Å²) in [5.74, 6) is 1.62. The van der Waals surface area contributed by atoms with Crippen LogP contribution in [0.3, 0.4) is 0 Å². The number of hydrogen-bond acceptors (Lipinski definition) is 5. The van der Waals surface area contributed by atoms with Crippen LogP contribution in [0, 0.1) is 24.7 Å². The van der Waals surface area contributed by atoms with Crippen molar-refractivity contribution in [1.29, 1.82) is 0 Å². The number of esters is 1. The van der Waals surface area contributed by atoms with E-state index < -0.39 is 5.97 Å². The smallest absolute Gasteiger partial charge is 0.342 e. The maximum atomic E-state index is 13.0. The van der Waals surface area contributed by atoms with E-state index in [2.05, 4.69) is 5.32 Å². The summed E-state index contributed by atoms with van der Waals surface area (Å²) in [5, 5.41) is 3.54. The van der Waals surface area contributed by atoms with Crippen molar-refractivity contribution < 1.29 is 18.7 Å². The first-order chi connectivity index (χ1) is 16.9. The maximum Gasteiger partial charge on any atom is 0.342 e. The number of benzene rings is 2. The molecule has 35 heavy (non-hydrogen) atoms. The van der Waals surface area contributed by atoms with E-state index in [-0.39, 0.29) is 34.6 Å². The number of ether oxygens (including phenoxy) is 1. The Hall–Kier alpha value is -3.41. The second kappa shape index (κ2) is 8.36. The summed E-state index contributed by atoms with van der Waals surface area (Å²) in [5.41, 5.74) is 1.21. The van der Waals surface area contributed by atoms with Gasteiger partial charge in [-0.1, -0.05) is 36.4 Å². The standard InChI is InChI=1S/C29H29NO5/c1-17-25(32)22-8-5-9-23(27(22)35-26(17)21-6-3-2-4-7-21)28(33)34-16-24(31)30-29-13-18-10-19(14-29)12-20(11-18)15-29/h2-9,18-20H,10-16H2,1H3,(H,30,31). The van der Waals surface area contributed by atoms with Gasteiger partial charge in [0.2, 0.25) is 0 Å². The van der Waals surface area contributed by atoms with Gasteiger partial charge in [-0.05, 0) is 75.3 Å². The molecule has 2 aromatic carbocycles. The minimum Gasteiger partial charge on any atom is -0.455 e. The van der Waals surface area contributed by atoms with Gasteiger partial charge >= 0.3 is 5.97 Å². The number of rotatable bonds is 5. The fourth-order valence-electron chi connectivity index (χ4n) is 7.14. The SMILES string of the molecule is Cc1c(-c2ccccc2)oc2c(C(=O)OCC(=O)NC34CC5CC(CC(C5)C3)C4)cccc2c1=O. The van der Waals surface area contributed by atoms with Crippen molar-refractivity contribution in [3.63, 3.8) is 0 Å². The molecule has 1 amide bonds. The second-order valence-electron chi connectivity index (χ2n) is 10.8. The summed E-state index contributed by atoms with van der Waals surface area (Å²) in [6.45, 7) is 1.37. The molecular formula is C29H29NO5. The molecule has 180 valence electrons. The van der Waals surface area contributed by atoms with Crippen molar-refractivity contribution in [3.05, 3.63) is 69.9 Å². The summed E-state index contributed by atoms with van der Waals surface area (Å²) in [7, 11) is 0. The highest BCUT2D eigenvalue weighted by Crippen LogP contribution is 2.55.